The Bertz CT molecular complexity index is 35.3. The number of nitriles is 1. The van der Waals surface area contributed by atoms with E-state index in [0.717, 1.165) is 13.2 Å². The maximum absolute atomic E-state index is 6.50. The Labute approximate surface area is 36.0 Å². The first-order valence-electron chi connectivity index (χ1n) is 1.50. The Morgan fingerprint density at radius 3 is 1.33 bits per heavy atom. The van der Waals surface area contributed by atoms with Crippen molar-refractivity contribution in [2.45, 2.75) is 0 Å². The minimum Gasteiger partial charge on any atom is -0.234 e. The van der Waals surface area contributed by atoms with Gasteiger partial charge < -0.3 is 0 Å². The lowest BCUT2D eigenvalue weighted by Gasteiger charge is -2.08. The van der Waals surface area contributed by atoms with Crippen molar-refractivity contribution in [1.82, 2.24) is 0 Å². The van der Waals surface area contributed by atoms with Crippen molar-refractivity contribution in [3.8, 4) is 6.57 Å². The van der Waals surface area contributed by atoms with Crippen LogP contribution in [0.15, 0.2) is 0 Å². The van der Waals surface area contributed by atoms with Crippen molar-refractivity contribution in [3.05, 3.63) is 0 Å². The second kappa shape index (κ2) is 4.41. The quantitative estimate of drug-likeness (QED) is 0.393. The Kier molecular flexibility index (Phi) is 3.98. The molecule has 0 bridgehead atoms. The van der Waals surface area contributed by atoms with E-state index in [4.69, 9.17) is 5.26 Å². The molecule has 1 rings (SSSR count). The number of nitrogens with zero attached hydrogens (tertiary/aromatic N) is 1. The van der Waals surface area contributed by atoms with Crippen molar-refractivity contribution in [1.29, 1.82) is 5.26 Å². The highest BCUT2D eigenvalue weighted by Crippen LogP contribution is 1.87. The summed E-state index contributed by atoms with van der Waals surface area (Å²) in [6.07, 6.45) is 0. The normalized spacial score (nSPS) is 16.3. The molecule has 34 valence electrons. The van der Waals surface area contributed by atoms with Crippen molar-refractivity contribution in [2.75, 3.05) is 13.2 Å². The predicted molar refractivity (Wildman–Crippen MR) is 18.6 cm³/mol. The molecule has 0 atom stereocenters. The fourth-order valence-electron chi connectivity index (χ4n) is 0.0833. The summed E-state index contributed by atoms with van der Waals surface area (Å²) in [6.45, 7) is 5.06. The van der Waals surface area contributed by atoms with Crippen LogP contribution in [-0.4, -0.2) is 13.2 Å². The van der Waals surface area contributed by atoms with Crippen LogP contribution in [0.25, 0.3) is 0 Å². The van der Waals surface area contributed by atoms with Gasteiger partial charge in [-0.05, 0) is 0 Å². The maximum Gasteiger partial charge on any atom is 0.109 e. The van der Waals surface area contributed by atoms with Crippen molar-refractivity contribution in [3.63, 3.8) is 0 Å². The molecule has 1 aliphatic heterocycles. The van der Waals surface area contributed by atoms with Crippen molar-refractivity contribution < 1.29 is 9.78 Å². The van der Waals surface area contributed by atoms with Gasteiger partial charge in [0, 0.05) is 6.57 Å². The molecule has 1 aliphatic rings. The van der Waals surface area contributed by atoms with Gasteiger partial charge in [0.25, 0.3) is 0 Å². The van der Waals surface area contributed by atoms with E-state index < -0.39 is 0 Å². The number of rotatable bonds is 0. The third-order valence-electron chi connectivity index (χ3n) is 0.333. The topological polar surface area (TPSA) is 42.2 Å². The van der Waals surface area contributed by atoms with Gasteiger partial charge in [-0.3, -0.25) is 0 Å². The zero-order valence-electron chi connectivity index (χ0n) is 3.26. The molecule has 0 aliphatic carbocycles. The summed E-state index contributed by atoms with van der Waals surface area (Å²) in [6, 6.07) is 0. The highest BCUT2D eigenvalue weighted by molar-refractivity contribution is 4.22. The molecule has 6 heavy (non-hydrogen) atoms. The molecule has 0 amide bonds. The van der Waals surface area contributed by atoms with Crippen LogP contribution >= 0.6 is 0 Å². The maximum atomic E-state index is 6.50. The van der Waals surface area contributed by atoms with E-state index in [2.05, 4.69) is 16.3 Å². The molecule has 0 radical (unpaired) electrons. The van der Waals surface area contributed by atoms with E-state index in [0.29, 0.717) is 0 Å². The SMILES string of the molecule is C#N.C1COO1. The van der Waals surface area contributed by atoms with Gasteiger partial charge in [-0.2, -0.15) is 0 Å². The van der Waals surface area contributed by atoms with E-state index >= 15 is 0 Å². The molecule has 0 unspecified atom stereocenters. The summed E-state index contributed by atoms with van der Waals surface area (Å²) in [4.78, 5) is 8.44. The Balaban J connectivity index is 0.000000112. The van der Waals surface area contributed by atoms with E-state index in [9.17, 15) is 0 Å². The van der Waals surface area contributed by atoms with Gasteiger partial charge in [-0.15, -0.1) is 0 Å². The van der Waals surface area contributed by atoms with Crippen LogP contribution in [0.2, 0.25) is 0 Å². The number of hydrogen-bond donors (Lipinski definition) is 0. The molecule has 1 saturated heterocycles. The third-order valence-corrected chi connectivity index (χ3v) is 0.333. The minimum atomic E-state index is 0.778. The van der Waals surface area contributed by atoms with E-state index in [1.807, 2.05) is 0 Å². The Morgan fingerprint density at radius 2 is 1.33 bits per heavy atom. The second-order valence-corrected chi connectivity index (χ2v) is 0.644. The molecule has 0 N–H and O–H groups in total. The summed E-state index contributed by atoms with van der Waals surface area (Å²) < 4.78 is 0. The van der Waals surface area contributed by atoms with Gasteiger partial charge in [0.2, 0.25) is 0 Å². The van der Waals surface area contributed by atoms with Crippen molar-refractivity contribution >= 4 is 0 Å². The fourth-order valence-corrected chi connectivity index (χ4v) is 0.0833. The highest BCUT2D eigenvalue weighted by Gasteiger charge is 1.95. The molecule has 1 heterocycles. The number of hydrogen-bond acceptors (Lipinski definition) is 3. The Hall–Kier alpha value is -0.590. The molecular weight excluding hydrogens is 82.0 g/mol. The molecule has 0 aromatic rings. The van der Waals surface area contributed by atoms with Gasteiger partial charge in [0.05, 0.1) is 0 Å². The van der Waals surface area contributed by atoms with Gasteiger partial charge >= 0.3 is 0 Å². The van der Waals surface area contributed by atoms with E-state index in [-0.39, 0.29) is 0 Å². The third kappa shape index (κ3) is 1.70. The summed E-state index contributed by atoms with van der Waals surface area (Å²) >= 11 is 0. The zero-order valence-corrected chi connectivity index (χ0v) is 3.26. The van der Waals surface area contributed by atoms with Gasteiger partial charge in [-0.1, -0.05) is 0 Å². The van der Waals surface area contributed by atoms with Crippen LogP contribution in [0, 0.1) is 11.8 Å². The van der Waals surface area contributed by atoms with Crippen LogP contribution in [0.5, 0.6) is 0 Å². The van der Waals surface area contributed by atoms with Gasteiger partial charge in [0.15, 0.2) is 0 Å². The van der Waals surface area contributed by atoms with Crippen LogP contribution in [0.3, 0.4) is 0 Å². The van der Waals surface area contributed by atoms with Crippen LogP contribution in [-0.2, 0) is 9.78 Å². The van der Waals surface area contributed by atoms with E-state index in [1.165, 1.54) is 0 Å². The summed E-state index contributed by atoms with van der Waals surface area (Å²) in [5.74, 6) is 0. The molecular formula is C3H5NO2. The smallest absolute Gasteiger partial charge is 0.109 e. The van der Waals surface area contributed by atoms with Crippen molar-refractivity contribution in [2.24, 2.45) is 0 Å². The Morgan fingerprint density at radius 1 is 1.17 bits per heavy atom. The monoisotopic (exact) mass is 87.0 g/mol. The fraction of sp³-hybridized carbons (Fsp3) is 0.667. The first-order chi connectivity index (χ1) is 3.00. The molecule has 0 aromatic carbocycles. The standard InChI is InChI=1S/C2H4O2.CHN/c1-2-4-3-1;1-2/h1-2H2;1H. The highest BCUT2D eigenvalue weighted by atomic mass is 17.2. The van der Waals surface area contributed by atoms with Crippen LogP contribution < -0.4 is 0 Å². The van der Waals surface area contributed by atoms with Gasteiger partial charge in [-0.25, -0.2) is 15.0 Å². The zero-order chi connectivity index (χ0) is 4.83. The second-order valence-electron chi connectivity index (χ2n) is 0.644. The lowest BCUT2D eigenvalue weighted by molar-refractivity contribution is -0.382. The van der Waals surface area contributed by atoms with Gasteiger partial charge in [0.1, 0.15) is 13.2 Å². The first-order valence-corrected chi connectivity index (χ1v) is 1.50. The average Bonchev–Trinajstić information content (AvgIpc) is 1.36. The summed E-state index contributed by atoms with van der Waals surface area (Å²) in [5.41, 5.74) is 0. The molecule has 0 saturated carbocycles. The molecule has 0 spiro atoms. The lowest BCUT2D eigenvalue weighted by atomic mass is 10.8. The molecule has 0 aromatic heterocycles. The molecule has 1 fully saturated rings. The van der Waals surface area contributed by atoms with Crippen LogP contribution in [0.1, 0.15) is 0 Å². The van der Waals surface area contributed by atoms with E-state index in [1.54, 1.807) is 0 Å². The molecule has 3 heteroatoms. The summed E-state index contributed by atoms with van der Waals surface area (Å²) in [5, 5.41) is 6.50. The summed E-state index contributed by atoms with van der Waals surface area (Å²) in [7, 11) is 0. The van der Waals surface area contributed by atoms with Crippen LogP contribution in [0.4, 0.5) is 0 Å². The largest absolute Gasteiger partial charge is 0.234 e. The lowest BCUT2D eigenvalue weighted by Crippen LogP contribution is -2.14. The first kappa shape index (κ1) is 5.41. The average molecular weight is 87.1 g/mol. The minimum absolute atomic E-state index is 0.778. The molecule has 3 nitrogen and oxygen atoms in total. The predicted octanol–water partition coefficient (Wildman–Crippen LogP) is 0.0880.